The Morgan fingerprint density at radius 2 is 1.83 bits per heavy atom. The number of ether oxygens (including phenoxy) is 1. The molecule has 0 aliphatic heterocycles. The molecule has 6 heteroatoms. The Balaban J connectivity index is 1.69. The molecule has 24 heavy (non-hydrogen) atoms. The smallest absolute Gasteiger partial charge is 0.235 e. The minimum absolute atomic E-state index is 0.426. The van der Waals surface area contributed by atoms with E-state index in [9.17, 15) is 0 Å². The summed E-state index contributed by atoms with van der Waals surface area (Å²) in [7, 11) is 1.65. The van der Waals surface area contributed by atoms with Crippen molar-refractivity contribution in [3.8, 4) is 5.75 Å². The first-order valence-electron chi connectivity index (χ1n) is 7.83. The highest BCUT2D eigenvalue weighted by atomic mass is 16.5. The van der Waals surface area contributed by atoms with Gasteiger partial charge < -0.3 is 18.9 Å². The molecular weight excluding hydrogens is 306 g/mol. The van der Waals surface area contributed by atoms with Crippen molar-refractivity contribution < 1.29 is 13.6 Å². The molecule has 0 radical (unpaired) electrons. The average Bonchev–Trinajstić information content (AvgIpc) is 3.22. The largest absolute Gasteiger partial charge is 0.495 e. The number of anilines is 1. The van der Waals surface area contributed by atoms with Crippen LogP contribution in [0.15, 0.2) is 45.2 Å². The van der Waals surface area contributed by atoms with Crippen LogP contribution >= 0.6 is 0 Å². The Kier molecular flexibility index (Phi) is 3.57. The van der Waals surface area contributed by atoms with Gasteiger partial charge in [0.25, 0.3) is 0 Å². The fourth-order valence-corrected chi connectivity index (χ4v) is 2.73. The predicted molar refractivity (Wildman–Crippen MR) is 91.3 cm³/mol. The molecule has 0 atom stereocenters. The molecular formula is C18H17N3O3. The number of aryl methyl sites for hydroxylation is 1. The first-order chi connectivity index (χ1) is 11.8. The maximum absolute atomic E-state index is 5.92. The van der Waals surface area contributed by atoms with E-state index in [4.69, 9.17) is 13.6 Å². The number of nitrogens with zero attached hydrogens (tertiary/aromatic N) is 2. The van der Waals surface area contributed by atoms with Crippen molar-refractivity contribution in [3.63, 3.8) is 0 Å². The third-order valence-corrected chi connectivity index (χ3v) is 3.94. The highest BCUT2D eigenvalue weighted by Gasteiger charge is 2.13. The minimum atomic E-state index is 0.426. The predicted octanol–water partition coefficient (Wildman–Crippen LogP) is 4.15. The van der Waals surface area contributed by atoms with Crippen LogP contribution in [-0.4, -0.2) is 17.3 Å². The summed E-state index contributed by atoms with van der Waals surface area (Å²) in [5, 5.41) is 13.3. The Hall–Kier alpha value is -3.02. The van der Waals surface area contributed by atoms with Gasteiger partial charge in [0.1, 0.15) is 16.9 Å². The minimum Gasteiger partial charge on any atom is -0.495 e. The topological polar surface area (TPSA) is 73.3 Å². The number of furan rings is 1. The lowest BCUT2D eigenvalue weighted by molar-refractivity contribution is 0.416. The van der Waals surface area contributed by atoms with E-state index in [2.05, 4.69) is 15.5 Å². The van der Waals surface area contributed by atoms with Crippen LogP contribution in [0.2, 0.25) is 0 Å². The lowest BCUT2D eigenvalue weighted by Gasteiger charge is -2.09. The second-order valence-corrected chi connectivity index (χ2v) is 5.44. The fourth-order valence-electron chi connectivity index (χ4n) is 2.73. The number of hydrogen-bond donors (Lipinski definition) is 1. The number of hydrogen-bond acceptors (Lipinski definition) is 6. The molecule has 6 nitrogen and oxygen atoms in total. The SMILES string of the molecule is CCc1nnc(CNc2cc3oc4ccccc4c3cc2OC)o1. The second-order valence-electron chi connectivity index (χ2n) is 5.44. The van der Waals surface area contributed by atoms with Gasteiger partial charge in [0.05, 0.1) is 19.3 Å². The van der Waals surface area contributed by atoms with Gasteiger partial charge in [0.2, 0.25) is 11.8 Å². The van der Waals surface area contributed by atoms with E-state index < -0.39 is 0 Å². The van der Waals surface area contributed by atoms with Gasteiger partial charge >= 0.3 is 0 Å². The molecule has 1 N–H and O–H groups in total. The molecule has 122 valence electrons. The molecule has 0 unspecified atom stereocenters. The summed E-state index contributed by atoms with van der Waals surface area (Å²) in [6, 6.07) is 11.9. The van der Waals surface area contributed by atoms with Gasteiger partial charge in [-0.3, -0.25) is 0 Å². The van der Waals surface area contributed by atoms with Crippen LogP contribution in [0.3, 0.4) is 0 Å². The van der Waals surface area contributed by atoms with E-state index in [1.807, 2.05) is 43.3 Å². The molecule has 2 heterocycles. The molecule has 0 fully saturated rings. The zero-order valence-electron chi connectivity index (χ0n) is 13.5. The van der Waals surface area contributed by atoms with Crippen LogP contribution < -0.4 is 10.1 Å². The Labute approximate surface area is 138 Å². The van der Waals surface area contributed by atoms with Crippen molar-refractivity contribution in [1.82, 2.24) is 10.2 Å². The van der Waals surface area contributed by atoms with Crippen LogP contribution in [0.1, 0.15) is 18.7 Å². The van der Waals surface area contributed by atoms with Crippen molar-refractivity contribution in [2.75, 3.05) is 12.4 Å². The molecule has 4 rings (SSSR count). The molecule has 0 aliphatic carbocycles. The first-order valence-corrected chi connectivity index (χ1v) is 7.83. The van der Waals surface area contributed by atoms with E-state index >= 15 is 0 Å². The molecule has 0 spiro atoms. The maximum Gasteiger partial charge on any atom is 0.235 e. The lowest BCUT2D eigenvalue weighted by Crippen LogP contribution is -2.01. The molecule has 0 saturated heterocycles. The molecule has 0 bridgehead atoms. The summed E-state index contributed by atoms with van der Waals surface area (Å²) in [5.41, 5.74) is 2.48. The molecule has 4 aromatic rings. The van der Waals surface area contributed by atoms with Gasteiger partial charge in [0, 0.05) is 23.3 Å². The normalized spacial score (nSPS) is 11.2. The van der Waals surface area contributed by atoms with Crippen molar-refractivity contribution in [2.24, 2.45) is 0 Å². The van der Waals surface area contributed by atoms with E-state index in [-0.39, 0.29) is 0 Å². The van der Waals surface area contributed by atoms with Gasteiger partial charge in [0.15, 0.2) is 0 Å². The van der Waals surface area contributed by atoms with Gasteiger partial charge in [-0.05, 0) is 12.1 Å². The zero-order chi connectivity index (χ0) is 16.5. The van der Waals surface area contributed by atoms with Crippen LogP contribution in [0, 0.1) is 0 Å². The highest BCUT2D eigenvalue weighted by Crippen LogP contribution is 2.36. The summed E-state index contributed by atoms with van der Waals surface area (Å²) < 4.78 is 16.9. The number of benzene rings is 2. The standard InChI is InChI=1S/C18H17N3O3/c1-3-17-20-21-18(24-17)10-19-13-9-15-12(8-16(13)22-2)11-6-4-5-7-14(11)23-15/h4-9,19H,3,10H2,1-2H3. The van der Waals surface area contributed by atoms with Gasteiger partial charge in [-0.1, -0.05) is 25.1 Å². The average molecular weight is 323 g/mol. The summed E-state index contributed by atoms with van der Waals surface area (Å²) in [4.78, 5) is 0. The molecule has 2 aromatic heterocycles. The molecule has 0 amide bonds. The van der Waals surface area contributed by atoms with Crippen molar-refractivity contribution in [2.45, 2.75) is 19.9 Å². The number of methoxy groups -OCH3 is 1. The fraction of sp³-hybridized carbons (Fsp3) is 0.222. The zero-order valence-corrected chi connectivity index (χ0v) is 13.5. The summed E-state index contributed by atoms with van der Waals surface area (Å²) in [5.74, 6) is 1.91. The van der Waals surface area contributed by atoms with Crippen LogP contribution in [0.5, 0.6) is 5.75 Å². The van der Waals surface area contributed by atoms with Gasteiger partial charge in [-0.15, -0.1) is 10.2 Å². The summed E-state index contributed by atoms with van der Waals surface area (Å²) >= 11 is 0. The monoisotopic (exact) mass is 323 g/mol. The lowest BCUT2D eigenvalue weighted by atomic mass is 10.1. The van der Waals surface area contributed by atoms with Crippen LogP contribution in [0.25, 0.3) is 21.9 Å². The number of aromatic nitrogens is 2. The quantitative estimate of drug-likeness (QED) is 0.595. The maximum atomic E-state index is 5.92. The van der Waals surface area contributed by atoms with E-state index in [0.29, 0.717) is 18.3 Å². The van der Waals surface area contributed by atoms with E-state index in [0.717, 1.165) is 39.8 Å². The number of nitrogens with one attached hydrogen (secondary N) is 1. The Bertz CT molecular complexity index is 1000. The number of rotatable bonds is 5. The summed E-state index contributed by atoms with van der Waals surface area (Å²) in [6.07, 6.45) is 0.723. The van der Waals surface area contributed by atoms with Gasteiger partial charge in [-0.2, -0.15) is 0 Å². The second kappa shape index (κ2) is 5.88. The number of para-hydroxylation sites is 1. The van der Waals surface area contributed by atoms with E-state index in [1.54, 1.807) is 7.11 Å². The third kappa shape index (κ3) is 2.46. The molecule has 2 aromatic carbocycles. The molecule has 0 saturated carbocycles. The van der Waals surface area contributed by atoms with Crippen LogP contribution in [-0.2, 0) is 13.0 Å². The van der Waals surface area contributed by atoms with Crippen molar-refractivity contribution in [3.05, 3.63) is 48.2 Å². The first kappa shape index (κ1) is 14.6. The summed E-state index contributed by atoms with van der Waals surface area (Å²) in [6.45, 7) is 2.40. The Morgan fingerprint density at radius 1 is 1.00 bits per heavy atom. The Morgan fingerprint density at radius 3 is 2.62 bits per heavy atom. The van der Waals surface area contributed by atoms with Crippen molar-refractivity contribution in [1.29, 1.82) is 0 Å². The van der Waals surface area contributed by atoms with Gasteiger partial charge in [-0.25, -0.2) is 0 Å². The van der Waals surface area contributed by atoms with Crippen LogP contribution in [0.4, 0.5) is 5.69 Å². The molecule has 0 aliphatic rings. The third-order valence-electron chi connectivity index (χ3n) is 3.94. The van der Waals surface area contributed by atoms with Crippen molar-refractivity contribution >= 4 is 27.6 Å². The number of fused-ring (bicyclic) bond motifs is 3. The van der Waals surface area contributed by atoms with E-state index in [1.165, 1.54) is 0 Å². The highest BCUT2D eigenvalue weighted by molar-refractivity contribution is 6.06.